The Morgan fingerprint density at radius 3 is 2.53 bits per heavy atom. The zero-order chi connectivity index (χ0) is 11.5. The highest BCUT2D eigenvalue weighted by molar-refractivity contribution is 5.89. The zero-order valence-corrected chi connectivity index (χ0v) is 8.61. The first-order valence-electron chi connectivity index (χ1n) is 4.94. The van der Waals surface area contributed by atoms with Crippen molar-refractivity contribution in [2.75, 3.05) is 13.2 Å². The Kier molecular flexibility index (Phi) is 8.37. The number of hydrogen-bond donors (Lipinski definition) is 3. The van der Waals surface area contributed by atoms with Crippen LogP contribution in [0.2, 0.25) is 0 Å². The van der Waals surface area contributed by atoms with E-state index in [2.05, 4.69) is 5.32 Å². The molecule has 15 heavy (non-hydrogen) atoms. The minimum atomic E-state index is -1.06. The number of amides is 1. The molecule has 0 saturated carbocycles. The van der Waals surface area contributed by atoms with Crippen LogP contribution in [-0.4, -0.2) is 35.2 Å². The molecule has 0 aliphatic heterocycles. The summed E-state index contributed by atoms with van der Waals surface area (Å²) in [6.45, 7) is -0.156. The number of carbonyl (C=O) groups is 2. The van der Waals surface area contributed by atoms with Crippen molar-refractivity contribution < 1.29 is 19.8 Å². The highest BCUT2D eigenvalue weighted by Crippen LogP contribution is 1.99. The average Bonchev–Trinajstić information content (AvgIpc) is 2.20. The Hall–Kier alpha value is -1.36. The summed E-state index contributed by atoms with van der Waals surface area (Å²) in [5.74, 6) is -1.45. The second-order valence-corrected chi connectivity index (χ2v) is 3.09. The van der Waals surface area contributed by atoms with Crippen LogP contribution in [0.3, 0.4) is 0 Å². The van der Waals surface area contributed by atoms with Crippen molar-refractivity contribution in [3.63, 3.8) is 0 Å². The van der Waals surface area contributed by atoms with Crippen molar-refractivity contribution >= 4 is 11.9 Å². The lowest BCUT2D eigenvalue weighted by atomic mass is 10.2. The van der Waals surface area contributed by atoms with Gasteiger partial charge in [-0.05, 0) is 25.3 Å². The predicted octanol–water partition coefficient (Wildman–Crippen LogP) is 0.296. The van der Waals surface area contributed by atoms with E-state index in [1.165, 1.54) is 6.08 Å². The number of allylic oxidation sites excluding steroid dienone is 1. The molecule has 5 nitrogen and oxygen atoms in total. The standard InChI is InChI=1S/C10H17NO4/c12-7-5-3-1-2-4-6-9(13)11-8-10(14)15/h4,6,12H,1-3,5,7-8H2,(H,11,13)(H,14,15). The highest BCUT2D eigenvalue weighted by Gasteiger charge is 1.98. The van der Waals surface area contributed by atoms with Gasteiger partial charge in [-0.25, -0.2) is 0 Å². The van der Waals surface area contributed by atoms with Crippen molar-refractivity contribution in [3.8, 4) is 0 Å². The molecule has 5 heteroatoms. The van der Waals surface area contributed by atoms with Gasteiger partial charge in [-0.3, -0.25) is 9.59 Å². The maximum atomic E-state index is 10.9. The van der Waals surface area contributed by atoms with Gasteiger partial charge in [0.05, 0.1) is 0 Å². The van der Waals surface area contributed by atoms with Crippen LogP contribution in [0.1, 0.15) is 25.7 Å². The molecule has 0 aromatic carbocycles. The fraction of sp³-hybridized carbons (Fsp3) is 0.600. The smallest absolute Gasteiger partial charge is 0.322 e. The first kappa shape index (κ1) is 13.6. The molecule has 86 valence electrons. The van der Waals surface area contributed by atoms with Crippen LogP contribution in [0.25, 0.3) is 0 Å². The lowest BCUT2D eigenvalue weighted by Crippen LogP contribution is -2.27. The van der Waals surface area contributed by atoms with Gasteiger partial charge in [0.1, 0.15) is 6.54 Å². The molecule has 1 amide bonds. The monoisotopic (exact) mass is 215 g/mol. The SMILES string of the molecule is O=C(O)CNC(=O)C=CCCCCCO. The van der Waals surface area contributed by atoms with Crippen molar-refractivity contribution in [1.82, 2.24) is 5.32 Å². The van der Waals surface area contributed by atoms with Gasteiger partial charge >= 0.3 is 5.97 Å². The van der Waals surface area contributed by atoms with E-state index < -0.39 is 5.97 Å². The third kappa shape index (κ3) is 10.6. The van der Waals surface area contributed by atoms with Gasteiger partial charge in [0, 0.05) is 6.61 Å². The third-order valence-corrected chi connectivity index (χ3v) is 1.71. The van der Waals surface area contributed by atoms with Gasteiger partial charge in [0.2, 0.25) is 5.91 Å². The van der Waals surface area contributed by atoms with Gasteiger partial charge in [-0.15, -0.1) is 0 Å². The molecule has 0 aliphatic rings. The fourth-order valence-corrected chi connectivity index (χ4v) is 0.963. The van der Waals surface area contributed by atoms with Crippen LogP contribution in [-0.2, 0) is 9.59 Å². The number of aliphatic hydroxyl groups is 1. The minimum Gasteiger partial charge on any atom is -0.480 e. The van der Waals surface area contributed by atoms with Crippen LogP contribution >= 0.6 is 0 Å². The van der Waals surface area contributed by atoms with Crippen molar-refractivity contribution in [2.24, 2.45) is 0 Å². The summed E-state index contributed by atoms with van der Waals surface area (Å²) < 4.78 is 0. The number of rotatable bonds is 8. The number of nitrogens with one attached hydrogen (secondary N) is 1. The molecule has 0 aromatic heterocycles. The molecular formula is C10H17NO4. The third-order valence-electron chi connectivity index (χ3n) is 1.71. The quantitative estimate of drug-likeness (QED) is 0.401. The van der Waals surface area contributed by atoms with Gasteiger partial charge < -0.3 is 15.5 Å². The lowest BCUT2D eigenvalue weighted by Gasteiger charge is -1.96. The van der Waals surface area contributed by atoms with E-state index in [4.69, 9.17) is 10.2 Å². The lowest BCUT2D eigenvalue weighted by molar-refractivity contribution is -0.137. The Morgan fingerprint density at radius 2 is 1.93 bits per heavy atom. The summed E-state index contributed by atoms with van der Waals surface area (Å²) in [6, 6.07) is 0. The first-order valence-corrected chi connectivity index (χ1v) is 4.94. The van der Waals surface area contributed by atoms with Crippen molar-refractivity contribution in [2.45, 2.75) is 25.7 Å². The molecule has 0 aromatic rings. The summed E-state index contributed by atoms with van der Waals surface area (Å²) in [4.78, 5) is 21.0. The molecule has 0 saturated heterocycles. The van der Waals surface area contributed by atoms with E-state index in [1.54, 1.807) is 6.08 Å². The first-order chi connectivity index (χ1) is 7.16. The molecule has 3 N–H and O–H groups in total. The maximum absolute atomic E-state index is 10.9. The van der Waals surface area contributed by atoms with Gasteiger partial charge in [0.25, 0.3) is 0 Å². The summed E-state index contributed by atoms with van der Waals surface area (Å²) >= 11 is 0. The number of carbonyl (C=O) groups excluding carboxylic acids is 1. The van der Waals surface area contributed by atoms with E-state index >= 15 is 0 Å². The summed E-state index contributed by atoms with van der Waals surface area (Å²) in [7, 11) is 0. The number of aliphatic hydroxyl groups excluding tert-OH is 1. The van der Waals surface area contributed by atoms with E-state index in [0.29, 0.717) is 0 Å². The van der Waals surface area contributed by atoms with E-state index in [9.17, 15) is 9.59 Å². The fourth-order valence-electron chi connectivity index (χ4n) is 0.963. The number of hydrogen-bond acceptors (Lipinski definition) is 3. The molecule has 0 bridgehead atoms. The van der Waals surface area contributed by atoms with Crippen LogP contribution in [0.4, 0.5) is 0 Å². The Labute approximate surface area is 88.8 Å². The van der Waals surface area contributed by atoms with Gasteiger partial charge in [-0.1, -0.05) is 12.5 Å². The Morgan fingerprint density at radius 1 is 1.20 bits per heavy atom. The summed E-state index contributed by atoms with van der Waals surface area (Å²) in [5, 5.41) is 19.0. The molecule has 0 spiro atoms. The molecule has 0 heterocycles. The summed E-state index contributed by atoms with van der Waals surface area (Å²) in [5.41, 5.74) is 0. The number of carboxylic acid groups (broad SMARTS) is 1. The predicted molar refractivity (Wildman–Crippen MR) is 55.3 cm³/mol. The molecule has 0 radical (unpaired) electrons. The van der Waals surface area contributed by atoms with Crippen molar-refractivity contribution in [1.29, 1.82) is 0 Å². The van der Waals surface area contributed by atoms with Crippen molar-refractivity contribution in [3.05, 3.63) is 12.2 Å². The van der Waals surface area contributed by atoms with Crippen LogP contribution < -0.4 is 5.32 Å². The Bertz CT molecular complexity index is 225. The van der Waals surface area contributed by atoms with E-state index in [0.717, 1.165) is 25.7 Å². The molecule has 0 aliphatic carbocycles. The maximum Gasteiger partial charge on any atom is 0.322 e. The van der Waals surface area contributed by atoms with E-state index in [-0.39, 0.29) is 19.1 Å². The number of unbranched alkanes of at least 4 members (excludes halogenated alkanes) is 3. The highest BCUT2D eigenvalue weighted by atomic mass is 16.4. The zero-order valence-electron chi connectivity index (χ0n) is 8.61. The topological polar surface area (TPSA) is 86.6 Å². The number of aliphatic carboxylic acids is 1. The second-order valence-electron chi connectivity index (χ2n) is 3.09. The van der Waals surface area contributed by atoms with Crippen LogP contribution in [0.5, 0.6) is 0 Å². The van der Waals surface area contributed by atoms with E-state index in [1.807, 2.05) is 0 Å². The molecule has 0 rings (SSSR count). The summed E-state index contributed by atoms with van der Waals surface area (Å²) in [6.07, 6.45) is 6.43. The molecule has 0 unspecified atom stereocenters. The van der Waals surface area contributed by atoms with Gasteiger partial charge in [0.15, 0.2) is 0 Å². The van der Waals surface area contributed by atoms with Crippen LogP contribution in [0, 0.1) is 0 Å². The second kappa shape index (κ2) is 9.21. The van der Waals surface area contributed by atoms with Gasteiger partial charge in [-0.2, -0.15) is 0 Å². The normalized spacial score (nSPS) is 10.5. The molecular weight excluding hydrogens is 198 g/mol. The largest absolute Gasteiger partial charge is 0.480 e. The Balaban J connectivity index is 3.42. The average molecular weight is 215 g/mol. The number of carboxylic acids is 1. The molecule has 0 fully saturated rings. The molecule has 0 atom stereocenters. The van der Waals surface area contributed by atoms with Crippen LogP contribution in [0.15, 0.2) is 12.2 Å². The minimum absolute atomic E-state index is 0.197.